The molecule has 0 saturated carbocycles. The first-order chi connectivity index (χ1) is 3.77. The van der Waals surface area contributed by atoms with Gasteiger partial charge in [0.25, 0.3) is 0 Å². The van der Waals surface area contributed by atoms with Gasteiger partial charge in [-0.05, 0) is 0 Å². The molecule has 0 aromatic rings. The number of hydrogen-bond acceptors (Lipinski definition) is 2. The van der Waals surface area contributed by atoms with Crippen LogP contribution in [0, 0.1) is 0 Å². The lowest BCUT2D eigenvalue weighted by molar-refractivity contribution is -0.133. The highest BCUT2D eigenvalue weighted by Crippen LogP contribution is 1.96. The summed E-state index contributed by atoms with van der Waals surface area (Å²) in [5.74, 6) is -0.419. The van der Waals surface area contributed by atoms with Gasteiger partial charge in [-0.15, -0.1) is 11.8 Å². The van der Waals surface area contributed by atoms with Crippen molar-refractivity contribution in [1.82, 2.24) is 0 Å². The molecule has 0 aliphatic rings. The van der Waals surface area contributed by atoms with Crippen molar-refractivity contribution >= 4 is 17.7 Å². The van der Waals surface area contributed by atoms with Crippen LogP contribution < -0.4 is 0 Å². The first-order valence-electron chi connectivity index (χ1n) is 2.15. The molecule has 0 bridgehead atoms. The molecule has 0 aromatic heterocycles. The molecule has 47 valence electrons. The maximum atomic E-state index is 9.75. The zero-order valence-electron chi connectivity index (χ0n) is 4.29. The second-order valence-electron chi connectivity index (χ2n) is 1.15. The summed E-state index contributed by atoms with van der Waals surface area (Å²) in [6, 6.07) is 0. The smallest absolute Gasteiger partial charge is 0.313 e. The fourth-order valence-electron chi connectivity index (χ4n) is 0.218. The molecule has 0 aliphatic carbocycles. The maximum absolute atomic E-state index is 9.75. The molecule has 0 aliphatic heterocycles. The Bertz CT molecular complexity index is 73.7. The third-order valence-electron chi connectivity index (χ3n) is 0.453. The van der Waals surface area contributed by atoms with E-state index in [2.05, 4.69) is 0 Å². The van der Waals surface area contributed by atoms with Gasteiger partial charge in [0.1, 0.15) is 0 Å². The number of carbonyl (C=O) groups is 1. The first-order valence-corrected chi connectivity index (χ1v) is 3.30. The molecule has 3 nitrogen and oxygen atoms in total. The van der Waals surface area contributed by atoms with Gasteiger partial charge in [0.05, 0.1) is 12.4 Å². The highest BCUT2D eigenvalue weighted by molar-refractivity contribution is 7.99. The molecule has 0 heterocycles. The van der Waals surface area contributed by atoms with Gasteiger partial charge in [0.2, 0.25) is 0 Å². The van der Waals surface area contributed by atoms with E-state index in [-0.39, 0.29) is 12.4 Å². The van der Waals surface area contributed by atoms with Gasteiger partial charge in [-0.2, -0.15) is 0 Å². The van der Waals surface area contributed by atoms with Crippen molar-refractivity contribution in [1.29, 1.82) is 0 Å². The van der Waals surface area contributed by atoms with E-state index in [4.69, 9.17) is 5.11 Å². The topological polar surface area (TPSA) is 57.2 Å². The molecular formula is C4H7O3S. The van der Waals surface area contributed by atoms with Crippen LogP contribution in [0.25, 0.3) is 0 Å². The van der Waals surface area contributed by atoms with Gasteiger partial charge in [-0.1, -0.05) is 0 Å². The van der Waals surface area contributed by atoms with E-state index in [1.54, 1.807) is 0 Å². The molecule has 1 radical (unpaired) electrons. The third-order valence-corrected chi connectivity index (χ3v) is 1.36. The highest BCUT2D eigenvalue weighted by Gasteiger charge is 1.93. The van der Waals surface area contributed by atoms with Gasteiger partial charge < -0.3 is 5.11 Å². The Kier molecular flexibility index (Phi) is 4.79. The maximum Gasteiger partial charge on any atom is 0.313 e. The fourth-order valence-corrected chi connectivity index (χ4v) is 0.655. The van der Waals surface area contributed by atoms with Crippen molar-refractivity contribution in [2.75, 3.05) is 18.1 Å². The zero-order valence-corrected chi connectivity index (χ0v) is 5.11. The van der Waals surface area contributed by atoms with Gasteiger partial charge in [0, 0.05) is 5.75 Å². The lowest BCUT2D eigenvalue weighted by Gasteiger charge is -1.88. The lowest BCUT2D eigenvalue weighted by Crippen LogP contribution is -1.99. The summed E-state index contributed by atoms with van der Waals surface area (Å²) in [5.41, 5.74) is 0. The van der Waals surface area contributed by atoms with Gasteiger partial charge >= 0.3 is 5.97 Å². The molecule has 0 spiro atoms. The van der Waals surface area contributed by atoms with Crippen molar-refractivity contribution in [3.8, 4) is 0 Å². The molecular weight excluding hydrogens is 128 g/mol. The SMILES string of the molecule is [O]CCSCC(=O)O. The normalized spacial score (nSPS) is 9.12. The Hall–Kier alpha value is -0.220. The molecule has 0 rings (SSSR count). The zero-order chi connectivity index (χ0) is 6.41. The number of hydrogen-bond donors (Lipinski definition) is 1. The Morgan fingerprint density at radius 3 is 2.62 bits per heavy atom. The number of carboxylic acids is 1. The quantitative estimate of drug-likeness (QED) is 0.561. The number of rotatable bonds is 4. The average Bonchev–Trinajstić information content (AvgIpc) is 1.66. The second kappa shape index (κ2) is 4.93. The van der Waals surface area contributed by atoms with Crippen molar-refractivity contribution in [2.45, 2.75) is 0 Å². The van der Waals surface area contributed by atoms with E-state index in [9.17, 15) is 9.90 Å². The number of thioether (sulfide) groups is 1. The van der Waals surface area contributed by atoms with E-state index in [1.807, 2.05) is 0 Å². The molecule has 8 heavy (non-hydrogen) atoms. The van der Waals surface area contributed by atoms with Crippen LogP contribution in [-0.2, 0) is 9.90 Å². The van der Waals surface area contributed by atoms with Crippen LogP contribution in [0.2, 0.25) is 0 Å². The molecule has 0 unspecified atom stereocenters. The minimum absolute atomic E-state index is 0.0439. The van der Waals surface area contributed by atoms with Gasteiger partial charge in [-0.3, -0.25) is 4.79 Å². The van der Waals surface area contributed by atoms with E-state index in [0.29, 0.717) is 5.75 Å². The molecule has 4 heteroatoms. The Morgan fingerprint density at radius 1 is 1.62 bits per heavy atom. The van der Waals surface area contributed by atoms with Crippen LogP contribution in [0.3, 0.4) is 0 Å². The summed E-state index contributed by atoms with van der Waals surface area (Å²) in [6.45, 7) is -0.196. The minimum Gasteiger partial charge on any atom is -0.481 e. The Balaban J connectivity index is 2.82. The molecule has 0 amide bonds. The molecule has 0 aromatic carbocycles. The van der Waals surface area contributed by atoms with Gasteiger partial charge in [0.15, 0.2) is 0 Å². The van der Waals surface area contributed by atoms with Crippen LogP contribution in [0.5, 0.6) is 0 Å². The fraction of sp³-hybridized carbons (Fsp3) is 0.750. The van der Waals surface area contributed by atoms with E-state index < -0.39 is 5.97 Å². The van der Waals surface area contributed by atoms with Crippen LogP contribution in [0.1, 0.15) is 0 Å². The number of carboxylic acid groups (broad SMARTS) is 1. The summed E-state index contributed by atoms with van der Waals surface area (Å²) in [7, 11) is 0. The standard InChI is InChI=1S/C4H7O3S/c5-1-2-8-3-4(6)7/h1-3H2,(H,6,7). The summed E-state index contributed by atoms with van der Waals surface area (Å²) in [4.78, 5) is 9.75. The highest BCUT2D eigenvalue weighted by atomic mass is 32.2. The Labute approximate surface area is 51.7 Å². The van der Waals surface area contributed by atoms with E-state index in [0.717, 1.165) is 11.8 Å². The number of aliphatic carboxylic acids is 1. The van der Waals surface area contributed by atoms with E-state index in [1.165, 1.54) is 0 Å². The first kappa shape index (κ1) is 7.78. The molecule has 0 atom stereocenters. The van der Waals surface area contributed by atoms with Crippen molar-refractivity contribution in [3.63, 3.8) is 0 Å². The molecule has 0 saturated heterocycles. The minimum atomic E-state index is -0.858. The third kappa shape index (κ3) is 5.78. The lowest BCUT2D eigenvalue weighted by atomic mass is 10.8. The summed E-state index contributed by atoms with van der Waals surface area (Å²) >= 11 is 1.15. The van der Waals surface area contributed by atoms with Crippen molar-refractivity contribution in [2.24, 2.45) is 0 Å². The predicted octanol–water partition coefficient (Wildman–Crippen LogP) is 0.235. The summed E-state index contributed by atoms with van der Waals surface area (Å²) in [5, 5.41) is 17.7. The Morgan fingerprint density at radius 2 is 2.25 bits per heavy atom. The van der Waals surface area contributed by atoms with E-state index >= 15 is 0 Å². The van der Waals surface area contributed by atoms with Crippen molar-refractivity contribution < 1.29 is 15.0 Å². The molecule has 1 N–H and O–H groups in total. The van der Waals surface area contributed by atoms with Crippen molar-refractivity contribution in [3.05, 3.63) is 0 Å². The largest absolute Gasteiger partial charge is 0.481 e. The van der Waals surface area contributed by atoms with Crippen LogP contribution in [0.4, 0.5) is 0 Å². The predicted molar refractivity (Wildman–Crippen MR) is 30.5 cm³/mol. The monoisotopic (exact) mass is 135 g/mol. The summed E-state index contributed by atoms with van der Waals surface area (Å²) < 4.78 is 0. The second-order valence-corrected chi connectivity index (χ2v) is 2.26. The summed E-state index contributed by atoms with van der Waals surface area (Å²) in [6.07, 6.45) is 0. The van der Waals surface area contributed by atoms with Crippen LogP contribution in [-0.4, -0.2) is 29.2 Å². The van der Waals surface area contributed by atoms with Gasteiger partial charge in [-0.25, -0.2) is 5.11 Å². The average molecular weight is 135 g/mol. The van der Waals surface area contributed by atoms with Crippen LogP contribution >= 0.6 is 11.8 Å². The van der Waals surface area contributed by atoms with Crippen LogP contribution in [0.15, 0.2) is 0 Å². The molecule has 0 fully saturated rings.